The van der Waals surface area contributed by atoms with E-state index in [0.717, 1.165) is 18.1 Å². The Kier molecular flexibility index (Phi) is 5.19. The lowest BCUT2D eigenvalue weighted by Crippen LogP contribution is -2.14. The molecular weight excluding hydrogens is 298 g/mol. The first-order chi connectivity index (χ1) is 11.0. The molecule has 0 aliphatic rings. The van der Waals surface area contributed by atoms with Gasteiger partial charge in [0.1, 0.15) is 0 Å². The number of hydrogen-bond acceptors (Lipinski definition) is 5. The zero-order chi connectivity index (χ0) is 16.8. The smallest absolute Gasteiger partial charge is 0.338 e. The highest BCUT2D eigenvalue weighted by Gasteiger charge is 2.14. The number of nitrogens with zero attached hydrogens (tertiary/aromatic N) is 1. The number of ether oxygens (including phenoxy) is 1. The molecule has 0 N–H and O–H groups in total. The Labute approximate surface area is 132 Å². The van der Waals surface area contributed by atoms with Crippen LogP contribution < -0.4 is 0 Å². The van der Waals surface area contributed by atoms with Crippen molar-refractivity contribution in [3.05, 3.63) is 75.3 Å². The van der Waals surface area contributed by atoms with Crippen molar-refractivity contribution >= 4 is 17.4 Å². The van der Waals surface area contributed by atoms with Crippen LogP contribution in [0, 0.1) is 10.1 Å². The molecule has 118 valence electrons. The van der Waals surface area contributed by atoms with Gasteiger partial charge in [0.05, 0.1) is 10.5 Å². The molecule has 0 amide bonds. The van der Waals surface area contributed by atoms with Gasteiger partial charge >= 0.3 is 5.97 Å². The van der Waals surface area contributed by atoms with Gasteiger partial charge in [0, 0.05) is 17.7 Å². The van der Waals surface area contributed by atoms with Gasteiger partial charge in [-0.2, -0.15) is 0 Å². The summed E-state index contributed by atoms with van der Waals surface area (Å²) in [6, 6.07) is 12.2. The monoisotopic (exact) mass is 313 g/mol. The van der Waals surface area contributed by atoms with Crippen LogP contribution in [0.25, 0.3) is 0 Å². The van der Waals surface area contributed by atoms with Crippen molar-refractivity contribution in [2.75, 3.05) is 6.61 Å². The Balaban J connectivity index is 1.99. The summed E-state index contributed by atoms with van der Waals surface area (Å²) in [6.07, 6.45) is 0.871. The molecule has 0 aliphatic carbocycles. The molecule has 0 radical (unpaired) electrons. The van der Waals surface area contributed by atoms with Gasteiger partial charge in [0.2, 0.25) is 0 Å². The normalized spacial score (nSPS) is 10.1. The zero-order valence-corrected chi connectivity index (χ0v) is 12.5. The van der Waals surface area contributed by atoms with E-state index in [4.69, 9.17) is 4.74 Å². The average molecular weight is 313 g/mol. The number of aryl methyl sites for hydroxylation is 1. The van der Waals surface area contributed by atoms with Crippen LogP contribution in [0.1, 0.15) is 33.2 Å². The van der Waals surface area contributed by atoms with Gasteiger partial charge < -0.3 is 4.74 Å². The van der Waals surface area contributed by atoms with Gasteiger partial charge in [-0.3, -0.25) is 14.9 Å². The second kappa shape index (κ2) is 7.31. The van der Waals surface area contributed by atoms with Gasteiger partial charge in [-0.25, -0.2) is 4.79 Å². The van der Waals surface area contributed by atoms with Crippen molar-refractivity contribution in [3.8, 4) is 0 Å². The third kappa shape index (κ3) is 4.23. The summed E-state index contributed by atoms with van der Waals surface area (Å²) in [7, 11) is 0. The number of nitro benzene ring substituents is 1. The van der Waals surface area contributed by atoms with Gasteiger partial charge in [-0.05, 0) is 18.1 Å². The molecule has 0 bridgehead atoms. The van der Waals surface area contributed by atoms with Gasteiger partial charge in [-0.15, -0.1) is 0 Å². The summed E-state index contributed by atoms with van der Waals surface area (Å²) in [4.78, 5) is 33.9. The first kappa shape index (κ1) is 16.4. The highest BCUT2D eigenvalue weighted by molar-refractivity contribution is 5.99. The van der Waals surface area contributed by atoms with E-state index >= 15 is 0 Å². The van der Waals surface area contributed by atoms with Crippen molar-refractivity contribution in [2.45, 2.75) is 13.3 Å². The van der Waals surface area contributed by atoms with Crippen molar-refractivity contribution in [2.24, 2.45) is 0 Å². The molecule has 0 saturated carbocycles. The largest absolute Gasteiger partial charge is 0.454 e. The topological polar surface area (TPSA) is 86.5 Å². The third-order valence-corrected chi connectivity index (χ3v) is 3.31. The summed E-state index contributed by atoms with van der Waals surface area (Å²) in [5.41, 5.74) is 1.39. The Morgan fingerprint density at radius 2 is 1.78 bits per heavy atom. The second-order valence-electron chi connectivity index (χ2n) is 4.86. The minimum Gasteiger partial charge on any atom is -0.454 e. The van der Waals surface area contributed by atoms with E-state index in [9.17, 15) is 19.7 Å². The number of ketones is 1. The van der Waals surface area contributed by atoms with Crippen LogP contribution in [-0.2, 0) is 11.2 Å². The fourth-order valence-electron chi connectivity index (χ4n) is 1.97. The maximum Gasteiger partial charge on any atom is 0.338 e. The molecule has 0 saturated heterocycles. The van der Waals surface area contributed by atoms with E-state index in [2.05, 4.69) is 0 Å². The maximum atomic E-state index is 12.0. The molecule has 0 atom stereocenters. The number of Topliss-reactive ketones (excluding diaryl/α,β-unsaturated/α-hetero) is 1. The van der Waals surface area contributed by atoms with Crippen LogP contribution in [0.3, 0.4) is 0 Å². The van der Waals surface area contributed by atoms with Crippen LogP contribution in [0.15, 0.2) is 48.5 Å². The molecular formula is C17H15NO5. The van der Waals surface area contributed by atoms with E-state index in [1.54, 1.807) is 12.1 Å². The second-order valence-corrected chi connectivity index (χ2v) is 4.86. The lowest BCUT2D eigenvalue weighted by molar-refractivity contribution is -0.384. The van der Waals surface area contributed by atoms with E-state index in [0.29, 0.717) is 5.56 Å². The number of nitro groups is 1. The van der Waals surface area contributed by atoms with E-state index < -0.39 is 17.5 Å². The number of benzene rings is 2. The summed E-state index contributed by atoms with van der Waals surface area (Å²) in [5, 5.41) is 10.7. The fourth-order valence-corrected chi connectivity index (χ4v) is 1.97. The number of esters is 1. The Bertz CT molecular complexity index is 737. The minimum absolute atomic E-state index is 0.0355. The van der Waals surface area contributed by atoms with Gasteiger partial charge in [-0.1, -0.05) is 37.3 Å². The van der Waals surface area contributed by atoms with Crippen LogP contribution >= 0.6 is 0 Å². The fraction of sp³-hybridized carbons (Fsp3) is 0.176. The summed E-state index contributed by atoms with van der Waals surface area (Å²) in [6.45, 7) is 1.60. The molecule has 0 heterocycles. The van der Waals surface area contributed by atoms with Crippen LogP contribution in [0.5, 0.6) is 0 Å². The Hall–Kier alpha value is -3.02. The molecule has 6 heteroatoms. The number of non-ortho nitro benzene ring substituents is 1. The molecule has 23 heavy (non-hydrogen) atoms. The van der Waals surface area contributed by atoms with E-state index in [1.165, 1.54) is 18.2 Å². The molecule has 0 unspecified atom stereocenters. The number of carbonyl (C=O) groups is 2. The highest BCUT2D eigenvalue weighted by Crippen LogP contribution is 2.14. The maximum absolute atomic E-state index is 12.0. The van der Waals surface area contributed by atoms with Gasteiger partial charge in [0.15, 0.2) is 12.4 Å². The van der Waals surface area contributed by atoms with E-state index in [1.807, 2.05) is 19.1 Å². The molecule has 2 rings (SSSR count). The predicted octanol–water partition coefficient (Wildman–Crippen LogP) is 3.20. The number of hydrogen-bond donors (Lipinski definition) is 0. The summed E-state index contributed by atoms with van der Waals surface area (Å²) >= 11 is 0. The molecule has 0 fully saturated rings. The van der Waals surface area contributed by atoms with Crippen molar-refractivity contribution in [3.63, 3.8) is 0 Å². The Morgan fingerprint density at radius 3 is 2.39 bits per heavy atom. The molecule has 0 aliphatic heterocycles. The first-order valence-corrected chi connectivity index (χ1v) is 7.05. The molecule has 2 aromatic carbocycles. The van der Waals surface area contributed by atoms with Gasteiger partial charge in [0.25, 0.3) is 5.69 Å². The lowest BCUT2D eigenvalue weighted by atomic mass is 10.1. The molecule has 0 spiro atoms. The van der Waals surface area contributed by atoms with Crippen molar-refractivity contribution < 1.29 is 19.2 Å². The van der Waals surface area contributed by atoms with Crippen molar-refractivity contribution in [1.82, 2.24) is 0 Å². The average Bonchev–Trinajstić information content (AvgIpc) is 2.59. The zero-order valence-electron chi connectivity index (χ0n) is 12.5. The van der Waals surface area contributed by atoms with Crippen molar-refractivity contribution in [1.29, 1.82) is 0 Å². The Morgan fingerprint density at radius 1 is 1.09 bits per heavy atom. The van der Waals surface area contributed by atoms with Crippen LogP contribution in [0.2, 0.25) is 0 Å². The van der Waals surface area contributed by atoms with Crippen LogP contribution in [0.4, 0.5) is 5.69 Å². The summed E-state index contributed by atoms with van der Waals surface area (Å²) < 4.78 is 4.92. The molecule has 0 aromatic heterocycles. The first-order valence-electron chi connectivity index (χ1n) is 7.05. The molecule has 2 aromatic rings. The standard InChI is InChI=1S/C17H15NO5/c1-2-12-6-8-13(9-7-12)16(19)11-23-17(20)14-4-3-5-15(10-14)18(21)22/h3-10H,2,11H2,1H3. The van der Waals surface area contributed by atoms with Crippen LogP contribution in [-0.4, -0.2) is 23.3 Å². The minimum atomic E-state index is -0.771. The SMILES string of the molecule is CCc1ccc(C(=O)COC(=O)c2cccc([N+](=O)[O-])c2)cc1. The van der Waals surface area contributed by atoms with E-state index in [-0.39, 0.29) is 17.0 Å². The quantitative estimate of drug-likeness (QED) is 0.354. The number of rotatable bonds is 6. The third-order valence-electron chi connectivity index (χ3n) is 3.31. The predicted molar refractivity (Wildman–Crippen MR) is 83.5 cm³/mol. The number of carbonyl (C=O) groups excluding carboxylic acids is 2. The highest BCUT2D eigenvalue weighted by atomic mass is 16.6. The summed E-state index contributed by atoms with van der Waals surface area (Å²) in [5.74, 6) is -1.10. The molecule has 6 nitrogen and oxygen atoms in total. The lowest BCUT2D eigenvalue weighted by Gasteiger charge is -2.05.